The average molecular weight is 287 g/mol. The number of hydrogen-bond acceptors (Lipinski definition) is 3. The monoisotopic (exact) mass is 287 g/mol. The standard InChI is InChI=1S/C16H17NS2/c1-4-6-17(3)16-10-12-9-14-11(8-15(12)19-16)7-13(5-2)18-14/h5,7-10H,2,4,6H2,1,3H3. The van der Waals surface area contributed by atoms with Crippen LogP contribution in [0.5, 0.6) is 0 Å². The number of nitrogens with zero attached hydrogens (tertiary/aromatic N) is 1. The number of fused-ring (bicyclic) bond motifs is 2. The summed E-state index contributed by atoms with van der Waals surface area (Å²) >= 11 is 3.69. The van der Waals surface area contributed by atoms with Gasteiger partial charge in [-0.1, -0.05) is 19.6 Å². The molecule has 0 saturated heterocycles. The van der Waals surface area contributed by atoms with E-state index in [0.29, 0.717) is 0 Å². The third kappa shape index (κ3) is 2.28. The van der Waals surface area contributed by atoms with Crippen LogP contribution in [-0.2, 0) is 0 Å². The van der Waals surface area contributed by atoms with Gasteiger partial charge < -0.3 is 4.90 Å². The number of hydrogen-bond donors (Lipinski definition) is 0. The molecule has 0 fully saturated rings. The topological polar surface area (TPSA) is 3.24 Å². The Kier molecular flexibility index (Phi) is 3.33. The van der Waals surface area contributed by atoms with Crippen molar-refractivity contribution < 1.29 is 0 Å². The van der Waals surface area contributed by atoms with Gasteiger partial charge in [0.05, 0.1) is 5.00 Å². The van der Waals surface area contributed by atoms with Gasteiger partial charge in [-0.25, -0.2) is 0 Å². The second-order valence-electron chi connectivity index (χ2n) is 4.79. The Morgan fingerprint density at radius 3 is 2.47 bits per heavy atom. The molecule has 19 heavy (non-hydrogen) atoms. The first-order chi connectivity index (χ1) is 9.21. The average Bonchev–Trinajstić information content (AvgIpc) is 2.97. The van der Waals surface area contributed by atoms with E-state index in [0.717, 1.165) is 6.54 Å². The zero-order chi connectivity index (χ0) is 13.4. The molecule has 0 saturated carbocycles. The normalized spacial score (nSPS) is 11.3. The highest BCUT2D eigenvalue weighted by Gasteiger charge is 2.08. The van der Waals surface area contributed by atoms with Crippen molar-refractivity contribution in [2.24, 2.45) is 0 Å². The molecule has 0 aliphatic heterocycles. The van der Waals surface area contributed by atoms with E-state index in [-0.39, 0.29) is 0 Å². The molecule has 98 valence electrons. The summed E-state index contributed by atoms with van der Waals surface area (Å²) in [5, 5.41) is 4.05. The maximum Gasteiger partial charge on any atom is 0.0918 e. The Bertz CT molecular complexity index is 685. The van der Waals surface area contributed by atoms with E-state index in [1.807, 2.05) is 28.7 Å². The van der Waals surface area contributed by atoms with Crippen molar-refractivity contribution >= 4 is 53.9 Å². The van der Waals surface area contributed by atoms with E-state index < -0.39 is 0 Å². The van der Waals surface area contributed by atoms with E-state index >= 15 is 0 Å². The molecule has 0 aliphatic carbocycles. The molecule has 0 unspecified atom stereocenters. The first kappa shape index (κ1) is 12.7. The van der Waals surface area contributed by atoms with E-state index in [1.165, 1.54) is 36.5 Å². The van der Waals surface area contributed by atoms with Crippen LogP contribution in [0.1, 0.15) is 18.2 Å². The smallest absolute Gasteiger partial charge is 0.0918 e. The van der Waals surface area contributed by atoms with Gasteiger partial charge in [0.1, 0.15) is 0 Å². The Morgan fingerprint density at radius 1 is 1.11 bits per heavy atom. The SMILES string of the molecule is C=Cc1cc2cc3sc(N(C)CCC)cc3cc2s1. The fraction of sp³-hybridized carbons (Fsp3) is 0.250. The second-order valence-corrected chi connectivity index (χ2v) is 6.96. The third-order valence-corrected chi connectivity index (χ3v) is 5.60. The minimum atomic E-state index is 1.11. The van der Waals surface area contributed by atoms with Gasteiger partial charge in [-0.05, 0) is 41.5 Å². The molecule has 2 heterocycles. The van der Waals surface area contributed by atoms with Crippen molar-refractivity contribution in [1.82, 2.24) is 0 Å². The summed E-state index contributed by atoms with van der Waals surface area (Å²) in [5.41, 5.74) is 0. The van der Waals surface area contributed by atoms with Crippen LogP contribution in [0.4, 0.5) is 5.00 Å². The highest BCUT2D eigenvalue weighted by Crippen LogP contribution is 2.37. The largest absolute Gasteiger partial charge is 0.366 e. The van der Waals surface area contributed by atoms with Gasteiger partial charge >= 0.3 is 0 Å². The van der Waals surface area contributed by atoms with Crippen molar-refractivity contribution in [3.05, 3.63) is 35.7 Å². The van der Waals surface area contributed by atoms with Gasteiger partial charge in [0.15, 0.2) is 0 Å². The van der Waals surface area contributed by atoms with Crippen LogP contribution in [0.15, 0.2) is 30.8 Å². The van der Waals surface area contributed by atoms with Crippen LogP contribution in [0, 0.1) is 0 Å². The second kappa shape index (κ2) is 4.99. The number of thiophene rings is 2. The Balaban J connectivity index is 2.10. The van der Waals surface area contributed by atoms with Crippen molar-refractivity contribution in [3.8, 4) is 0 Å². The molecule has 0 atom stereocenters. The Morgan fingerprint density at radius 2 is 1.79 bits per heavy atom. The molecule has 3 rings (SSSR count). The van der Waals surface area contributed by atoms with Crippen LogP contribution in [-0.4, -0.2) is 13.6 Å². The van der Waals surface area contributed by atoms with E-state index in [2.05, 4.69) is 49.7 Å². The predicted octanol–water partition coefficient (Wildman–Crippen LogP) is 5.61. The van der Waals surface area contributed by atoms with Gasteiger partial charge in [0, 0.05) is 27.9 Å². The summed E-state index contributed by atoms with van der Waals surface area (Å²) in [7, 11) is 2.17. The minimum Gasteiger partial charge on any atom is -0.366 e. The Labute approximate surface area is 121 Å². The molecule has 0 aliphatic rings. The molecular weight excluding hydrogens is 270 g/mol. The van der Waals surface area contributed by atoms with Crippen LogP contribution in [0.3, 0.4) is 0 Å². The lowest BCUT2D eigenvalue weighted by atomic mass is 10.2. The first-order valence-corrected chi connectivity index (χ1v) is 8.15. The van der Waals surface area contributed by atoms with Gasteiger partial charge in [-0.3, -0.25) is 0 Å². The zero-order valence-electron chi connectivity index (χ0n) is 11.3. The zero-order valence-corrected chi connectivity index (χ0v) is 12.9. The molecule has 3 aromatic rings. The maximum absolute atomic E-state index is 3.85. The number of rotatable bonds is 4. The van der Waals surface area contributed by atoms with Gasteiger partial charge in [-0.15, -0.1) is 22.7 Å². The van der Waals surface area contributed by atoms with Crippen LogP contribution in [0.2, 0.25) is 0 Å². The number of benzene rings is 1. The van der Waals surface area contributed by atoms with Crippen molar-refractivity contribution in [2.75, 3.05) is 18.5 Å². The van der Waals surface area contributed by atoms with Crippen LogP contribution < -0.4 is 4.90 Å². The summed E-state index contributed by atoms with van der Waals surface area (Å²) in [6.45, 7) is 7.18. The van der Waals surface area contributed by atoms with Crippen molar-refractivity contribution in [1.29, 1.82) is 0 Å². The van der Waals surface area contributed by atoms with E-state index in [4.69, 9.17) is 0 Å². The number of anilines is 1. The molecule has 0 amide bonds. The molecule has 2 aromatic heterocycles. The molecule has 0 spiro atoms. The molecule has 3 heteroatoms. The molecule has 0 N–H and O–H groups in total. The highest BCUT2D eigenvalue weighted by molar-refractivity contribution is 7.23. The lowest BCUT2D eigenvalue weighted by molar-refractivity contribution is 0.859. The van der Waals surface area contributed by atoms with Crippen molar-refractivity contribution in [2.45, 2.75) is 13.3 Å². The molecular formula is C16H17NS2. The maximum atomic E-state index is 3.85. The lowest BCUT2D eigenvalue weighted by Crippen LogP contribution is -2.15. The lowest BCUT2D eigenvalue weighted by Gasteiger charge is -2.14. The third-order valence-electron chi connectivity index (χ3n) is 3.30. The highest BCUT2D eigenvalue weighted by atomic mass is 32.1. The summed E-state index contributed by atoms with van der Waals surface area (Å²) in [6, 6.07) is 9.15. The summed E-state index contributed by atoms with van der Waals surface area (Å²) in [6.07, 6.45) is 3.11. The summed E-state index contributed by atoms with van der Waals surface area (Å²) in [4.78, 5) is 3.59. The van der Waals surface area contributed by atoms with E-state index in [1.54, 1.807) is 0 Å². The van der Waals surface area contributed by atoms with Gasteiger partial charge in [0.25, 0.3) is 0 Å². The fourth-order valence-electron chi connectivity index (χ4n) is 2.31. The van der Waals surface area contributed by atoms with Crippen LogP contribution >= 0.6 is 22.7 Å². The van der Waals surface area contributed by atoms with Crippen molar-refractivity contribution in [3.63, 3.8) is 0 Å². The fourth-order valence-corrected chi connectivity index (χ4v) is 4.34. The van der Waals surface area contributed by atoms with Crippen LogP contribution in [0.25, 0.3) is 26.2 Å². The summed E-state index contributed by atoms with van der Waals surface area (Å²) in [5.74, 6) is 0. The first-order valence-electron chi connectivity index (χ1n) is 6.52. The Hall–Kier alpha value is -1.32. The minimum absolute atomic E-state index is 1.11. The molecule has 1 nitrogen and oxygen atoms in total. The predicted molar refractivity (Wildman–Crippen MR) is 90.9 cm³/mol. The van der Waals surface area contributed by atoms with Gasteiger partial charge in [0.2, 0.25) is 0 Å². The molecule has 1 aromatic carbocycles. The molecule has 0 bridgehead atoms. The quantitative estimate of drug-likeness (QED) is 0.603. The molecule has 0 radical (unpaired) electrons. The van der Waals surface area contributed by atoms with Gasteiger partial charge in [-0.2, -0.15) is 0 Å². The van der Waals surface area contributed by atoms with E-state index in [9.17, 15) is 0 Å². The summed E-state index contributed by atoms with van der Waals surface area (Å²) < 4.78 is 2.73.